The molecule has 1 N–H and O–H groups in total. The van der Waals surface area contributed by atoms with Crippen LogP contribution in [-0.4, -0.2) is 15.4 Å². The van der Waals surface area contributed by atoms with Crippen molar-refractivity contribution in [1.82, 2.24) is 9.88 Å². The molecule has 0 saturated carbocycles. The molecular formula is C16H12FN3O5. The summed E-state index contributed by atoms with van der Waals surface area (Å²) in [5.41, 5.74) is 0.807. The monoisotopic (exact) mass is 345 g/mol. The first-order valence-corrected chi connectivity index (χ1v) is 7.23. The molecule has 1 amide bonds. The Kier molecular flexibility index (Phi) is 4.29. The molecule has 0 radical (unpaired) electrons. The van der Waals surface area contributed by atoms with Crippen LogP contribution in [0.4, 0.5) is 10.1 Å². The van der Waals surface area contributed by atoms with Crippen LogP contribution in [-0.2, 0) is 17.9 Å². The van der Waals surface area contributed by atoms with Gasteiger partial charge in [0.05, 0.1) is 16.5 Å². The predicted octanol–water partition coefficient (Wildman–Crippen LogP) is 1.96. The minimum absolute atomic E-state index is 0.0329. The van der Waals surface area contributed by atoms with Gasteiger partial charge in [-0.15, -0.1) is 0 Å². The van der Waals surface area contributed by atoms with Gasteiger partial charge in [0.1, 0.15) is 12.4 Å². The van der Waals surface area contributed by atoms with Crippen LogP contribution in [0, 0.1) is 15.9 Å². The van der Waals surface area contributed by atoms with Crippen LogP contribution in [0.3, 0.4) is 0 Å². The van der Waals surface area contributed by atoms with Gasteiger partial charge in [-0.2, -0.15) is 0 Å². The number of nitrogens with one attached hydrogen (secondary N) is 1. The molecular weight excluding hydrogens is 333 g/mol. The summed E-state index contributed by atoms with van der Waals surface area (Å²) >= 11 is 0. The highest BCUT2D eigenvalue weighted by Crippen LogP contribution is 2.19. The SMILES string of the molecule is O=C(Cn1c(=O)oc2cc([N+](=O)[O-])ccc21)NCc1ccc(F)cc1. The Labute approximate surface area is 139 Å². The third-order valence-electron chi connectivity index (χ3n) is 3.57. The van der Waals surface area contributed by atoms with Gasteiger partial charge >= 0.3 is 5.76 Å². The third kappa shape index (κ3) is 3.55. The van der Waals surface area contributed by atoms with E-state index < -0.39 is 16.6 Å². The lowest BCUT2D eigenvalue weighted by atomic mass is 10.2. The van der Waals surface area contributed by atoms with E-state index >= 15 is 0 Å². The molecule has 0 spiro atoms. The molecule has 1 heterocycles. The molecule has 0 aliphatic rings. The molecule has 0 atom stereocenters. The Morgan fingerprint density at radius 3 is 2.64 bits per heavy atom. The number of fused-ring (bicyclic) bond motifs is 1. The molecule has 1 aromatic heterocycles. The number of hydrogen-bond acceptors (Lipinski definition) is 5. The standard InChI is InChI=1S/C16H12FN3O5/c17-11-3-1-10(2-4-11)8-18-15(21)9-19-13-6-5-12(20(23)24)7-14(13)25-16(19)22/h1-7H,8-9H2,(H,18,21). The van der Waals surface area contributed by atoms with Crippen molar-refractivity contribution in [2.24, 2.45) is 0 Å². The first kappa shape index (κ1) is 16.4. The van der Waals surface area contributed by atoms with Crippen molar-refractivity contribution < 1.29 is 18.5 Å². The van der Waals surface area contributed by atoms with Gasteiger partial charge in [-0.05, 0) is 23.8 Å². The number of amides is 1. The molecule has 25 heavy (non-hydrogen) atoms. The van der Waals surface area contributed by atoms with E-state index in [0.717, 1.165) is 10.6 Å². The molecule has 0 fully saturated rings. The van der Waals surface area contributed by atoms with Gasteiger partial charge < -0.3 is 9.73 Å². The fraction of sp³-hybridized carbons (Fsp3) is 0.125. The van der Waals surface area contributed by atoms with Crippen molar-refractivity contribution >= 4 is 22.7 Å². The van der Waals surface area contributed by atoms with E-state index in [0.29, 0.717) is 5.56 Å². The highest BCUT2D eigenvalue weighted by Gasteiger charge is 2.16. The predicted molar refractivity (Wildman–Crippen MR) is 85.4 cm³/mol. The fourth-order valence-corrected chi connectivity index (χ4v) is 2.32. The normalized spacial score (nSPS) is 10.8. The number of nitrogens with zero attached hydrogens (tertiary/aromatic N) is 2. The highest BCUT2D eigenvalue weighted by atomic mass is 19.1. The summed E-state index contributed by atoms with van der Waals surface area (Å²) in [6, 6.07) is 9.34. The molecule has 128 valence electrons. The molecule has 0 unspecified atom stereocenters. The summed E-state index contributed by atoms with van der Waals surface area (Å²) in [7, 11) is 0. The zero-order valence-corrected chi connectivity index (χ0v) is 12.8. The topological polar surface area (TPSA) is 107 Å². The van der Waals surface area contributed by atoms with Crippen molar-refractivity contribution in [2.75, 3.05) is 0 Å². The van der Waals surface area contributed by atoms with Gasteiger partial charge in [0.15, 0.2) is 5.58 Å². The largest absolute Gasteiger partial charge is 0.420 e. The average Bonchev–Trinajstić information content (AvgIpc) is 2.89. The first-order valence-electron chi connectivity index (χ1n) is 7.23. The Morgan fingerprint density at radius 1 is 1.24 bits per heavy atom. The summed E-state index contributed by atoms with van der Waals surface area (Å²) in [6.45, 7) is -0.125. The van der Waals surface area contributed by atoms with E-state index in [1.54, 1.807) is 0 Å². The lowest BCUT2D eigenvalue weighted by Crippen LogP contribution is -2.30. The Bertz CT molecular complexity index is 1010. The van der Waals surface area contributed by atoms with Gasteiger partial charge in [0, 0.05) is 12.6 Å². The summed E-state index contributed by atoms with van der Waals surface area (Å²) in [5.74, 6) is -1.61. The van der Waals surface area contributed by atoms with Crippen LogP contribution in [0.15, 0.2) is 51.7 Å². The summed E-state index contributed by atoms with van der Waals surface area (Å²) < 4.78 is 18.9. The molecule has 8 nitrogen and oxygen atoms in total. The van der Waals surface area contributed by atoms with Crippen molar-refractivity contribution in [2.45, 2.75) is 13.1 Å². The maximum atomic E-state index is 12.8. The lowest BCUT2D eigenvalue weighted by molar-refractivity contribution is -0.384. The van der Waals surface area contributed by atoms with Crippen molar-refractivity contribution in [1.29, 1.82) is 0 Å². The van der Waals surface area contributed by atoms with Crippen LogP contribution in [0.1, 0.15) is 5.56 Å². The van der Waals surface area contributed by atoms with E-state index in [4.69, 9.17) is 4.42 Å². The maximum absolute atomic E-state index is 12.8. The molecule has 3 rings (SSSR count). The number of rotatable bonds is 5. The van der Waals surface area contributed by atoms with Crippen LogP contribution in [0.2, 0.25) is 0 Å². The van der Waals surface area contributed by atoms with Crippen LogP contribution in [0.5, 0.6) is 0 Å². The first-order chi connectivity index (χ1) is 11.9. The van der Waals surface area contributed by atoms with Crippen molar-refractivity contribution in [3.63, 3.8) is 0 Å². The molecule has 2 aromatic carbocycles. The Morgan fingerprint density at radius 2 is 1.96 bits per heavy atom. The van der Waals surface area contributed by atoms with Gasteiger partial charge in [-0.3, -0.25) is 19.5 Å². The van der Waals surface area contributed by atoms with Gasteiger partial charge in [0.2, 0.25) is 5.91 Å². The number of halogens is 1. The van der Waals surface area contributed by atoms with Gasteiger partial charge in [0.25, 0.3) is 5.69 Å². The number of nitro groups is 1. The summed E-state index contributed by atoms with van der Waals surface area (Å²) in [5, 5.41) is 13.4. The quantitative estimate of drug-likeness (QED) is 0.562. The number of non-ortho nitro benzene ring substituents is 1. The number of hydrogen-bond donors (Lipinski definition) is 1. The molecule has 0 aliphatic heterocycles. The minimum atomic E-state index is -0.785. The van der Waals surface area contributed by atoms with Crippen LogP contribution in [0.25, 0.3) is 11.1 Å². The molecule has 0 saturated heterocycles. The maximum Gasteiger partial charge on any atom is 0.420 e. The second-order valence-electron chi connectivity index (χ2n) is 5.27. The highest BCUT2D eigenvalue weighted by molar-refractivity contribution is 5.80. The molecule has 0 aliphatic carbocycles. The van der Waals surface area contributed by atoms with E-state index in [2.05, 4.69) is 5.32 Å². The van der Waals surface area contributed by atoms with E-state index in [1.165, 1.54) is 36.4 Å². The molecule has 0 bridgehead atoms. The number of carbonyl (C=O) groups is 1. The third-order valence-corrected chi connectivity index (χ3v) is 3.57. The van der Waals surface area contributed by atoms with Crippen LogP contribution >= 0.6 is 0 Å². The van der Waals surface area contributed by atoms with Crippen molar-refractivity contribution in [3.05, 3.63) is 74.5 Å². The zero-order chi connectivity index (χ0) is 18.0. The zero-order valence-electron chi connectivity index (χ0n) is 12.8. The van der Waals surface area contributed by atoms with Gasteiger partial charge in [-0.25, -0.2) is 9.18 Å². The number of oxazole rings is 1. The van der Waals surface area contributed by atoms with E-state index in [-0.39, 0.29) is 35.7 Å². The minimum Gasteiger partial charge on any atom is -0.407 e. The lowest BCUT2D eigenvalue weighted by Gasteiger charge is -2.06. The molecule has 9 heteroatoms. The fourth-order valence-electron chi connectivity index (χ4n) is 2.32. The second-order valence-corrected chi connectivity index (χ2v) is 5.27. The number of benzene rings is 2. The smallest absolute Gasteiger partial charge is 0.407 e. The number of carbonyl (C=O) groups excluding carboxylic acids is 1. The summed E-state index contributed by atoms with van der Waals surface area (Å²) in [4.78, 5) is 34.0. The number of nitro benzene ring substituents is 1. The Hall–Kier alpha value is -3.49. The van der Waals surface area contributed by atoms with Crippen molar-refractivity contribution in [3.8, 4) is 0 Å². The van der Waals surface area contributed by atoms with Gasteiger partial charge in [-0.1, -0.05) is 12.1 Å². The summed E-state index contributed by atoms with van der Waals surface area (Å²) in [6.07, 6.45) is 0. The Balaban J connectivity index is 1.74. The van der Waals surface area contributed by atoms with Crippen LogP contribution < -0.4 is 11.1 Å². The second kappa shape index (κ2) is 6.56. The van der Waals surface area contributed by atoms with E-state index in [9.17, 15) is 24.1 Å². The average molecular weight is 345 g/mol. The van der Waals surface area contributed by atoms with E-state index in [1.807, 2.05) is 0 Å². The molecule has 3 aromatic rings. The number of aromatic nitrogens is 1.